The Balaban J connectivity index is 1.46. The molecule has 2 N–H and O–H groups in total. The molecule has 0 saturated heterocycles. The zero-order chi connectivity index (χ0) is 16.9. The molecular weight excluding hydrogens is 310 g/mol. The maximum atomic E-state index is 12.2. The molecule has 1 saturated carbocycles. The van der Waals surface area contributed by atoms with E-state index >= 15 is 0 Å². The van der Waals surface area contributed by atoms with Crippen molar-refractivity contribution in [2.45, 2.75) is 38.6 Å². The minimum atomic E-state index is -0.261. The first-order valence-electron chi connectivity index (χ1n) is 8.13. The van der Waals surface area contributed by atoms with Crippen LogP contribution in [0.3, 0.4) is 0 Å². The summed E-state index contributed by atoms with van der Waals surface area (Å²) in [5, 5.41) is 5.85. The normalized spacial score (nSPS) is 15.0. The van der Waals surface area contributed by atoms with E-state index in [2.05, 4.69) is 15.6 Å². The molecule has 2 heterocycles. The van der Waals surface area contributed by atoms with E-state index in [4.69, 9.17) is 8.83 Å². The van der Waals surface area contributed by atoms with Gasteiger partial charge < -0.3 is 19.5 Å². The van der Waals surface area contributed by atoms with E-state index in [0.29, 0.717) is 36.8 Å². The van der Waals surface area contributed by atoms with Crippen LogP contribution in [0, 0.1) is 12.8 Å². The molecule has 24 heavy (non-hydrogen) atoms. The molecule has 1 fully saturated rings. The molecule has 7 heteroatoms. The second kappa shape index (κ2) is 7.33. The van der Waals surface area contributed by atoms with Gasteiger partial charge in [-0.05, 0) is 37.8 Å². The average Bonchev–Trinajstić information content (AvgIpc) is 3.10. The van der Waals surface area contributed by atoms with Crippen LogP contribution in [-0.2, 0) is 11.2 Å². The van der Waals surface area contributed by atoms with Crippen LogP contribution in [0.25, 0.3) is 0 Å². The molecule has 3 rings (SSSR count). The van der Waals surface area contributed by atoms with Crippen LogP contribution in [0.4, 0.5) is 0 Å². The number of nitrogens with zero attached hydrogens (tertiary/aromatic N) is 1. The fourth-order valence-corrected chi connectivity index (χ4v) is 2.60. The van der Waals surface area contributed by atoms with E-state index in [1.165, 1.54) is 6.39 Å². The van der Waals surface area contributed by atoms with Crippen LogP contribution in [0.5, 0.6) is 0 Å². The van der Waals surface area contributed by atoms with Crippen LogP contribution in [-0.4, -0.2) is 29.4 Å². The highest BCUT2D eigenvalue weighted by atomic mass is 16.3. The molecule has 1 atom stereocenters. The number of furan rings is 1. The maximum absolute atomic E-state index is 12.2. The van der Waals surface area contributed by atoms with Crippen molar-refractivity contribution in [3.05, 3.63) is 42.0 Å². The van der Waals surface area contributed by atoms with Crippen molar-refractivity contribution in [1.29, 1.82) is 0 Å². The van der Waals surface area contributed by atoms with Crippen molar-refractivity contribution >= 4 is 11.8 Å². The summed E-state index contributed by atoms with van der Waals surface area (Å²) >= 11 is 0. The summed E-state index contributed by atoms with van der Waals surface area (Å²) < 4.78 is 10.3. The number of carbonyl (C=O) groups excluding carboxylic acids is 2. The standard InChI is InChI=1S/C17H21N3O4/c1-11-16(19-10-24-11)17(22)20-14(12-4-5-12)9-18-15(21)7-6-13-3-2-8-23-13/h2-3,8,10,12,14H,4-7,9H2,1H3,(H,18,21)(H,20,22). The van der Waals surface area contributed by atoms with Crippen LogP contribution < -0.4 is 10.6 Å². The molecule has 128 valence electrons. The summed E-state index contributed by atoms with van der Waals surface area (Å²) in [5.41, 5.74) is 0.296. The second-order valence-electron chi connectivity index (χ2n) is 6.06. The number of hydrogen-bond donors (Lipinski definition) is 2. The molecule has 7 nitrogen and oxygen atoms in total. The highest BCUT2D eigenvalue weighted by Gasteiger charge is 2.33. The fourth-order valence-electron chi connectivity index (χ4n) is 2.60. The van der Waals surface area contributed by atoms with Gasteiger partial charge in [-0.2, -0.15) is 0 Å². The summed E-state index contributed by atoms with van der Waals surface area (Å²) in [4.78, 5) is 28.1. The number of rotatable bonds is 8. The van der Waals surface area contributed by atoms with Crippen LogP contribution in [0.15, 0.2) is 33.6 Å². The molecule has 2 amide bonds. The molecule has 0 radical (unpaired) electrons. The van der Waals surface area contributed by atoms with Gasteiger partial charge in [-0.25, -0.2) is 4.98 Å². The largest absolute Gasteiger partial charge is 0.469 e. The monoisotopic (exact) mass is 331 g/mol. The van der Waals surface area contributed by atoms with Gasteiger partial charge in [0.15, 0.2) is 12.1 Å². The highest BCUT2D eigenvalue weighted by molar-refractivity contribution is 5.93. The van der Waals surface area contributed by atoms with Crippen molar-refractivity contribution in [3.8, 4) is 0 Å². The first kappa shape index (κ1) is 16.3. The van der Waals surface area contributed by atoms with Crippen LogP contribution in [0.2, 0.25) is 0 Å². The smallest absolute Gasteiger partial charge is 0.273 e. The third-order valence-electron chi connectivity index (χ3n) is 4.17. The molecule has 0 bridgehead atoms. The minimum Gasteiger partial charge on any atom is -0.469 e. The van der Waals surface area contributed by atoms with Gasteiger partial charge in [0.2, 0.25) is 5.91 Å². The number of nitrogens with one attached hydrogen (secondary N) is 2. The Labute approximate surface area is 139 Å². The lowest BCUT2D eigenvalue weighted by molar-refractivity contribution is -0.121. The third-order valence-corrected chi connectivity index (χ3v) is 4.17. The van der Waals surface area contributed by atoms with Crippen molar-refractivity contribution in [1.82, 2.24) is 15.6 Å². The zero-order valence-electron chi connectivity index (χ0n) is 13.6. The highest BCUT2D eigenvalue weighted by Crippen LogP contribution is 2.32. The quantitative estimate of drug-likeness (QED) is 0.769. The maximum Gasteiger partial charge on any atom is 0.273 e. The molecule has 0 spiro atoms. The average molecular weight is 331 g/mol. The first-order chi connectivity index (χ1) is 11.6. The van der Waals surface area contributed by atoms with Gasteiger partial charge in [0, 0.05) is 25.4 Å². The summed E-state index contributed by atoms with van der Waals surface area (Å²) in [6.07, 6.45) is 5.90. The zero-order valence-corrected chi connectivity index (χ0v) is 13.6. The summed E-state index contributed by atoms with van der Waals surface area (Å²) in [6, 6.07) is 3.57. The third kappa shape index (κ3) is 4.24. The summed E-state index contributed by atoms with van der Waals surface area (Å²) in [6.45, 7) is 2.12. The Morgan fingerprint density at radius 1 is 1.38 bits per heavy atom. The molecular formula is C17H21N3O4. The Hall–Kier alpha value is -2.57. The van der Waals surface area contributed by atoms with Crippen LogP contribution >= 0.6 is 0 Å². The number of hydrogen-bond acceptors (Lipinski definition) is 5. The number of aromatic nitrogens is 1. The fraction of sp³-hybridized carbons (Fsp3) is 0.471. The molecule has 0 aromatic carbocycles. The van der Waals surface area contributed by atoms with E-state index in [1.54, 1.807) is 19.3 Å². The van der Waals surface area contributed by atoms with E-state index in [0.717, 1.165) is 18.6 Å². The van der Waals surface area contributed by atoms with Gasteiger partial charge in [-0.15, -0.1) is 0 Å². The molecule has 1 aliphatic rings. The molecule has 2 aromatic heterocycles. The second-order valence-corrected chi connectivity index (χ2v) is 6.06. The lowest BCUT2D eigenvalue weighted by Crippen LogP contribution is -2.45. The Kier molecular flexibility index (Phi) is 4.98. The Bertz CT molecular complexity index is 689. The lowest BCUT2D eigenvalue weighted by Gasteiger charge is -2.18. The molecule has 1 unspecified atom stereocenters. The predicted octanol–water partition coefficient (Wildman–Crippen LogP) is 1.83. The Morgan fingerprint density at radius 2 is 2.21 bits per heavy atom. The van der Waals surface area contributed by atoms with Crippen molar-refractivity contribution in [2.75, 3.05) is 6.54 Å². The van der Waals surface area contributed by atoms with Gasteiger partial charge in [0.25, 0.3) is 5.91 Å². The minimum absolute atomic E-state index is 0.0519. The van der Waals surface area contributed by atoms with Gasteiger partial charge >= 0.3 is 0 Å². The number of aryl methyl sites for hydroxylation is 2. The van der Waals surface area contributed by atoms with Gasteiger partial charge in [-0.3, -0.25) is 9.59 Å². The summed E-state index contributed by atoms with van der Waals surface area (Å²) in [5.74, 6) is 1.38. The molecule has 1 aliphatic carbocycles. The SMILES string of the molecule is Cc1ocnc1C(=O)NC(CNC(=O)CCc1ccco1)C1CC1. The lowest BCUT2D eigenvalue weighted by atomic mass is 10.1. The van der Waals surface area contributed by atoms with Crippen LogP contribution in [0.1, 0.15) is 41.3 Å². The summed E-state index contributed by atoms with van der Waals surface area (Å²) in [7, 11) is 0. The molecule has 2 aromatic rings. The predicted molar refractivity (Wildman–Crippen MR) is 85.3 cm³/mol. The van der Waals surface area contributed by atoms with Crippen molar-refractivity contribution < 1.29 is 18.4 Å². The van der Waals surface area contributed by atoms with Crippen molar-refractivity contribution in [3.63, 3.8) is 0 Å². The van der Waals surface area contributed by atoms with Gasteiger partial charge in [0.1, 0.15) is 11.5 Å². The van der Waals surface area contributed by atoms with E-state index in [9.17, 15) is 9.59 Å². The number of amides is 2. The van der Waals surface area contributed by atoms with Gasteiger partial charge in [-0.1, -0.05) is 0 Å². The van der Waals surface area contributed by atoms with E-state index in [-0.39, 0.29) is 17.9 Å². The number of carbonyl (C=O) groups is 2. The molecule has 0 aliphatic heterocycles. The van der Waals surface area contributed by atoms with E-state index in [1.807, 2.05) is 6.07 Å². The topological polar surface area (TPSA) is 97.4 Å². The number of oxazole rings is 1. The van der Waals surface area contributed by atoms with Gasteiger partial charge in [0.05, 0.1) is 6.26 Å². The van der Waals surface area contributed by atoms with Crippen molar-refractivity contribution in [2.24, 2.45) is 5.92 Å². The first-order valence-corrected chi connectivity index (χ1v) is 8.13. The Morgan fingerprint density at radius 3 is 2.83 bits per heavy atom. The van der Waals surface area contributed by atoms with E-state index < -0.39 is 0 Å².